The van der Waals surface area contributed by atoms with E-state index in [0.29, 0.717) is 13.0 Å². The summed E-state index contributed by atoms with van der Waals surface area (Å²) in [6.07, 6.45) is 2.07. The second-order valence-electron chi connectivity index (χ2n) is 7.05. The first-order valence-electron chi connectivity index (χ1n) is 7.50. The number of furan rings is 1. The largest absolute Gasteiger partial charge is 0.466 e. The Labute approximate surface area is 124 Å². The minimum absolute atomic E-state index is 0.0237. The standard InChI is InChI=1S/C16H22N2O3/c1-9-4-11-12(6-16(2,3)7-13(11)21-9)18-15(20)10-5-14(19)17-8-10/h4,10,12H,5-8H2,1-3H3,(H,17,19)(H,18,20). The molecule has 0 radical (unpaired) electrons. The Morgan fingerprint density at radius 1 is 1.48 bits per heavy atom. The lowest BCUT2D eigenvalue weighted by Gasteiger charge is -2.35. The molecule has 114 valence electrons. The van der Waals surface area contributed by atoms with E-state index in [1.807, 2.05) is 13.0 Å². The van der Waals surface area contributed by atoms with E-state index in [2.05, 4.69) is 24.5 Å². The molecular weight excluding hydrogens is 268 g/mol. The highest BCUT2D eigenvalue weighted by Gasteiger charge is 2.37. The number of hydrogen-bond acceptors (Lipinski definition) is 3. The van der Waals surface area contributed by atoms with E-state index in [0.717, 1.165) is 29.9 Å². The van der Waals surface area contributed by atoms with Gasteiger partial charge >= 0.3 is 0 Å². The molecule has 3 rings (SSSR count). The van der Waals surface area contributed by atoms with Crippen molar-refractivity contribution in [2.45, 2.75) is 46.1 Å². The third kappa shape index (κ3) is 2.82. The summed E-state index contributed by atoms with van der Waals surface area (Å²) in [6.45, 7) is 6.75. The molecule has 2 unspecified atom stereocenters. The molecule has 1 fully saturated rings. The second kappa shape index (κ2) is 4.90. The molecule has 1 aliphatic carbocycles. The van der Waals surface area contributed by atoms with Gasteiger partial charge in [0, 0.05) is 24.9 Å². The zero-order valence-corrected chi connectivity index (χ0v) is 12.8. The lowest BCUT2D eigenvalue weighted by molar-refractivity contribution is -0.127. The topological polar surface area (TPSA) is 71.3 Å². The first-order chi connectivity index (χ1) is 9.84. The van der Waals surface area contributed by atoms with E-state index in [-0.39, 0.29) is 29.2 Å². The van der Waals surface area contributed by atoms with E-state index in [9.17, 15) is 9.59 Å². The van der Waals surface area contributed by atoms with Crippen molar-refractivity contribution < 1.29 is 14.0 Å². The van der Waals surface area contributed by atoms with Crippen LogP contribution in [0.4, 0.5) is 0 Å². The van der Waals surface area contributed by atoms with Gasteiger partial charge in [0.15, 0.2) is 0 Å². The predicted octanol–water partition coefficient (Wildman–Crippen LogP) is 1.85. The van der Waals surface area contributed by atoms with Gasteiger partial charge in [0.25, 0.3) is 0 Å². The van der Waals surface area contributed by atoms with Crippen molar-refractivity contribution in [3.63, 3.8) is 0 Å². The van der Waals surface area contributed by atoms with Crippen LogP contribution in [-0.4, -0.2) is 18.4 Å². The highest BCUT2D eigenvalue weighted by atomic mass is 16.3. The normalized spacial score (nSPS) is 27.1. The van der Waals surface area contributed by atoms with E-state index in [1.165, 1.54) is 0 Å². The zero-order valence-electron chi connectivity index (χ0n) is 12.8. The van der Waals surface area contributed by atoms with Crippen molar-refractivity contribution in [2.24, 2.45) is 11.3 Å². The number of hydrogen-bond donors (Lipinski definition) is 2. The molecule has 0 aromatic carbocycles. The first kappa shape index (κ1) is 14.2. The number of amides is 2. The summed E-state index contributed by atoms with van der Waals surface area (Å²) >= 11 is 0. The summed E-state index contributed by atoms with van der Waals surface area (Å²) in [6, 6.07) is 2.00. The van der Waals surface area contributed by atoms with Gasteiger partial charge < -0.3 is 15.1 Å². The van der Waals surface area contributed by atoms with Crippen LogP contribution in [0.25, 0.3) is 0 Å². The fraction of sp³-hybridized carbons (Fsp3) is 0.625. The number of carbonyl (C=O) groups excluding carboxylic acids is 2. The maximum atomic E-state index is 12.4. The minimum Gasteiger partial charge on any atom is -0.466 e. The van der Waals surface area contributed by atoms with Crippen LogP contribution in [0.2, 0.25) is 0 Å². The summed E-state index contributed by atoms with van der Waals surface area (Å²) < 4.78 is 5.78. The Morgan fingerprint density at radius 3 is 2.90 bits per heavy atom. The minimum atomic E-state index is -0.251. The number of carbonyl (C=O) groups is 2. The molecule has 1 aromatic heterocycles. The van der Waals surface area contributed by atoms with Gasteiger partial charge in [0.2, 0.25) is 11.8 Å². The van der Waals surface area contributed by atoms with Crippen LogP contribution in [0, 0.1) is 18.3 Å². The highest BCUT2D eigenvalue weighted by Crippen LogP contribution is 2.42. The van der Waals surface area contributed by atoms with E-state index in [1.54, 1.807) is 0 Å². The number of rotatable bonds is 2. The smallest absolute Gasteiger partial charge is 0.225 e. The van der Waals surface area contributed by atoms with Gasteiger partial charge in [-0.1, -0.05) is 13.8 Å². The molecule has 2 N–H and O–H groups in total. The van der Waals surface area contributed by atoms with Crippen LogP contribution in [0.5, 0.6) is 0 Å². The summed E-state index contributed by atoms with van der Waals surface area (Å²) in [5.74, 6) is 1.53. The third-order valence-electron chi connectivity index (χ3n) is 4.40. The van der Waals surface area contributed by atoms with Crippen LogP contribution < -0.4 is 10.6 Å². The van der Waals surface area contributed by atoms with Gasteiger partial charge in [-0.05, 0) is 24.8 Å². The maximum absolute atomic E-state index is 12.4. The van der Waals surface area contributed by atoms with Crippen molar-refractivity contribution in [1.82, 2.24) is 10.6 Å². The van der Waals surface area contributed by atoms with Gasteiger partial charge in [-0.3, -0.25) is 9.59 Å². The van der Waals surface area contributed by atoms with E-state index < -0.39 is 0 Å². The van der Waals surface area contributed by atoms with Crippen molar-refractivity contribution >= 4 is 11.8 Å². The van der Waals surface area contributed by atoms with Gasteiger partial charge in [0.1, 0.15) is 11.5 Å². The Balaban J connectivity index is 1.78. The van der Waals surface area contributed by atoms with Crippen molar-refractivity contribution in [2.75, 3.05) is 6.54 Å². The number of nitrogens with one attached hydrogen (secondary N) is 2. The molecule has 1 aromatic rings. The molecule has 1 saturated heterocycles. The van der Waals surface area contributed by atoms with E-state index >= 15 is 0 Å². The summed E-state index contributed by atoms with van der Waals surface area (Å²) in [7, 11) is 0. The maximum Gasteiger partial charge on any atom is 0.225 e. The van der Waals surface area contributed by atoms with Crippen LogP contribution >= 0.6 is 0 Å². The fourth-order valence-corrected chi connectivity index (χ4v) is 3.39. The average Bonchev–Trinajstić information content (AvgIpc) is 2.93. The Morgan fingerprint density at radius 2 is 2.24 bits per heavy atom. The Kier molecular flexibility index (Phi) is 3.30. The number of fused-ring (bicyclic) bond motifs is 1. The van der Waals surface area contributed by atoms with Crippen molar-refractivity contribution in [3.8, 4) is 0 Å². The van der Waals surface area contributed by atoms with Crippen LogP contribution in [0.15, 0.2) is 10.5 Å². The van der Waals surface area contributed by atoms with Crippen LogP contribution in [-0.2, 0) is 16.0 Å². The molecular formula is C16H22N2O3. The molecule has 2 atom stereocenters. The lowest BCUT2D eigenvalue weighted by atomic mass is 9.74. The van der Waals surface area contributed by atoms with Gasteiger partial charge in [0.05, 0.1) is 12.0 Å². The molecule has 21 heavy (non-hydrogen) atoms. The van der Waals surface area contributed by atoms with Crippen molar-refractivity contribution in [3.05, 3.63) is 23.2 Å². The second-order valence-corrected chi connectivity index (χ2v) is 7.05. The summed E-state index contributed by atoms with van der Waals surface area (Å²) in [5, 5.41) is 5.82. The SMILES string of the molecule is Cc1cc2c(o1)CC(C)(C)CC2NC(=O)C1CNC(=O)C1. The first-order valence-corrected chi connectivity index (χ1v) is 7.50. The quantitative estimate of drug-likeness (QED) is 0.873. The monoisotopic (exact) mass is 290 g/mol. The molecule has 0 saturated carbocycles. The van der Waals surface area contributed by atoms with Crippen LogP contribution in [0.3, 0.4) is 0 Å². The molecule has 2 aliphatic rings. The molecule has 0 bridgehead atoms. The molecule has 0 spiro atoms. The van der Waals surface area contributed by atoms with Crippen molar-refractivity contribution in [1.29, 1.82) is 0 Å². The molecule has 1 aliphatic heterocycles. The molecule has 2 amide bonds. The molecule has 5 nitrogen and oxygen atoms in total. The summed E-state index contributed by atoms with van der Waals surface area (Å²) in [5.41, 5.74) is 1.19. The third-order valence-corrected chi connectivity index (χ3v) is 4.40. The number of aryl methyl sites for hydroxylation is 1. The Hall–Kier alpha value is -1.78. The van der Waals surface area contributed by atoms with Gasteiger partial charge in [-0.25, -0.2) is 0 Å². The fourth-order valence-electron chi connectivity index (χ4n) is 3.39. The molecule has 5 heteroatoms. The van der Waals surface area contributed by atoms with Crippen LogP contribution in [0.1, 0.15) is 49.8 Å². The molecule has 2 heterocycles. The Bertz CT molecular complexity index is 588. The lowest BCUT2D eigenvalue weighted by Crippen LogP contribution is -2.39. The average molecular weight is 290 g/mol. The van der Waals surface area contributed by atoms with Gasteiger partial charge in [-0.2, -0.15) is 0 Å². The van der Waals surface area contributed by atoms with E-state index in [4.69, 9.17) is 4.42 Å². The zero-order chi connectivity index (χ0) is 15.2. The van der Waals surface area contributed by atoms with Gasteiger partial charge in [-0.15, -0.1) is 0 Å². The predicted molar refractivity (Wildman–Crippen MR) is 77.5 cm³/mol. The highest BCUT2D eigenvalue weighted by molar-refractivity contribution is 5.89. The summed E-state index contributed by atoms with van der Waals surface area (Å²) in [4.78, 5) is 23.6.